The van der Waals surface area contributed by atoms with Crippen molar-refractivity contribution in [2.45, 2.75) is 51.4 Å². The molecule has 5 heteroatoms. The van der Waals surface area contributed by atoms with Gasteiger partial charge in [0.2, 0.25) is 5.91 Å². The average molecular weight is 283 g/mol. The molecule has 20 heavy (non-hydrogen) atoms. The molecule has 1 heterocycles. The second-order valence-corrected chi connectivity index (χ2v) is 6.35. The average Bonchev–Trinajstić information content (AvgIpc) is 2.48. The van der Waals surface area contributed by atoms with Crippen LogP contribution in [0.2, 0.25) is 0 Å². The highest BCUT2D eigenvalue weighted by molar-refractivity contribution is 5.85. The predicted octanol–water partition coefficient (Wildman–Crippen LogP) is 1.64. The highest BCUT2D eigenvalue weighted by Gasteiger charge is 2.42. The van der Waals surface area contributed by atoms with Crippen molar-refractivity contribution < 1.29 is 19.8 Å². The fraction of sp³-hybridized carbons (Fsp3) is 0.867. The van der Waals surface area contributed by atoms with E-state index in [0.717, 1.165) is 32.1 Å². The molecular formula is C15H25NO4. The first-order chi connectivity index (χ1) is 9.57. The van der Waals surface area contributed by atoms with Gasteiger partial charge in [0.25, 0.3) is 0 Å². The largest absolute Gasteiger partial charge is 0.481 e. The number of rotatable bonds is 4. The fourth-order valence-electron chi connectivity index (χ4n) is 3.54. The fourth-order valence-corrected chi connectivity index (χ4v) is 3.54. The quantitative estimate of drug-likeness (QED) is 0.822. The van der Waals surface area contributed by atoms with Gasteiger partial charge >= 0.3 is 5.97 Å². The molecule has 0 aromatic carbocycles. The van der Waals surface area contributed by atoms with Gasteiger partial charge in [0.15, 0.2) is 0 Å². The van der Waals surface area contributed by atoms with Crippen molar-refractivity contribution in [1.82, 2.24) is 4.90 Å². The molecule has 1 saturated carbocycles. The Kier molecular flexibility index (Phi) is 5.02. The van der Waals surface area contributed by atoms with Gasteiger partial charge in [-0.2, -0.15) is 0 Å². The molecule has 0 radical (unpaired) electrons. The number of aliphatic carboxylic acids is 1. The van der Waals surface area contributed by atoms with Gasteiger partial charge in [-0.15, -0.1) is 0 Å². The number of hydrogen-bond donors (Lipinski definition) is 2. The van der Waals surface area contributed by atoms with Gasteiger partial charge in [-0.3, -0.25) is 9.59 Å². The van der Waals surface area contributed by atoms with Gasteiger partial charge in [-0.25, -0.2) is 0 Å². The van der Waals surface area contributed by atoms with E-state index in [-0.39, 0.29) is 24.9 Å². The number of carboxylic acids is 1. The van der Waals surface area contributed by atoms with Crippen LogP contribution in [0.3, 0.4) is 0 Å². The third kappa shape index (κ3) is 3.32. The van der Waals surface area contributed by atoms with Crippen LogP contribution >= 0.6 is 0 Å². The summed E-state index contributed by atoms with van der Waals surface area (Å²) in [4.78, 5) is 25.8. The van der Waals surface area contributed by atoms with E-state index >= 15 is 0 Å². The van der Waals surface area contributed by atoms with Crippen LogP contribution < -0.4 is 0 Å². The number of hydrogen-bond acceptors (Lipinski definition) is 3. The topological polar surface area (TPSA) is 77.8 Å². The summed E-state index contributed by atoms with van der Waals surface area (Å²) in [6, 6.07) is 0. The lowest BCUT2D eigenvalue weighted by molar-refractivity contribution is -0.156. The lowest BCUT2D eigenvalue weighted by atomic mass is 9.71. The first kappa shape index (κ1) is 15.3. The van der Waals surface area contributed by atoms with Crippen molar-refractivity contribution in [3.8, 4) is 0 Å². The minimum Gasteiger partial charge on any atom is -0.481 e. The molecule has 2 fully saturated rings. The molecule has 0 aromatic heterocycles. The summed E-state index contributed by atoms with van der Waals surface area (Å²) in [6.45, 7) is 1.38. The van der Waals surface area contributed by atoms with E-state index in [4.69, 9.17) is 0 Å². The van der Waals surface area contributed by atoms with Gasteiger partial charge in [-0.1, -0.05) is 19.3 Å². The predicted molar refractivity (Wildman–Crippen MR) is 74.2 cm³/mol. The van der Waals surface area contributed by atoms with Crippen molar-refractivity contribution in [1.29, 1.82) is 0 Å². The Morgan fingerprint density at radius 3 is 2.45 bits per heavy atom. The number of amides is 1. The zero-order valence-electron chi connectivity index (χ0n) is 12.0. The first-order valence-corrected chi connectivity index (χ1v) is 7.69. The van der Waals surface area contributed by atoms with E-state index in [0.29, 0.717) is 25.9 Å². The van der Waals surface area contributed by atoms with E-state index in [9.17, 15) is 19.8 Å². The molecule has 114 valence electrons. The number of carbonyl (C=O) groups is 2. The van der Waals surface area contributed by atoms with Crippen molar-refractivity contribution in [3.63, 3.8) is 0 Å². The van der Waals surface area contributed by atoms with Crippen LogP contribution in [0.15, 0.2) is 0 Å². The molecule has 0 bridgehead atoms. The highest BCUT2D eigenvalue weighted by atomic mass is 16.4. The van der Waals surface area contributed by atoms with Gasteiger partial charge in [0, 0.05) is 26.1 Å². The Morgan fingerprint density at radius 2 is 1.85 bits per heavy atom. The smallest absolute Gasteiger partial charge is 0.310 e. The Bertz CT molecular complexity index is 363. The van der Waals surface area contributed by atoms with Crippen LogP contribution in [-0.2, 0) is 9.59 Å². The number of carbonyl (C=O) groups excluding carboxylic acids is 1. The van der Waals surface area contributed by atoms with Crippen LogP contribution in [0, 0.1) is 11.3 Å². The maximum absolute atomic E-state index is 12.4. The SMILES string of the molecule is O=C(CC1(C(=O)O)CCCCC1)N1CCCC(CO)C1. The number of piperidine rings is 1. The van der Waals surface area contributed by atoms with E-state index < -0.39 is 11.4 Å². The van der Waals surface area contributed by atoms with Gasteiger partial charge < -0.3 is 15.1 Å². The van der Waals surface area contributed by atoms with Crippen LogP contribution in [0.25, 0.3) is 0 Å². The maximum atomic E-state index is 12.4. The molecule has 1 amide bonds. The van der Waals surface area contributed by atoms with Gasteiger partial charge in [-0.05, 0) is 31.6 Å². The van der Waals surface area contributed by atoms with Crippen molar-refractivity contribution in [3.05, 3.63) is 0 Å². The Hall–Kier alpha value is -1.10. The van der Waals surface area contributed by atoms with Gasteiger partial charge in [0.05, 0.1) is 5.41 Å². The molecule has 1 aliphatic heterocycles. The zero-order chi connectivity index (χ0) is 14.6. The van der Waals surface area contributed by atoms with E-state index in [1.807, 2.05) is 0 Å². The van der Waals surface area contributed by atoms with E-state index in [1.165, 1.54) is 0 Å². The van der Waals surface area contributed by atoms with Crippen molar-refractivity contribution in [2.24, 2.45) is 11.3 Å². The standard InChI is InChI=1S/C15H25NO4/c17-11-12-5-4-8-16(10-12)13(18)9-15(14(19)20)6-2-1-3-7-15/h12,17H,1-11H2,(H,19,20). The lowest BCUT2D eigenvalue weighted by Crippen LogP contribution is -2.45. The molecule has 0 aromatic rings. The lowest BCUT2D eigenvalue weighted by Gasteiger charge is -2.37. The Balaban J connectivity index is 1.99. The number of aliphatic hydroxyl groups is 1. The molecular weight excluding hydrogens is 258 g/mol. The molecule has 1 aliphatic carbocycles. The Labute approximate surface area is 120 Å². The second-order valence-electron chi connectivity index (χ2n) is 6.35. The van der Waals surface area contributed by atoms with E-state index in [2.05, 4.69) is 0 Å². The van der Waals surface area contributed by atoms with Crippen LogP contribution in [0.1, 0.15) is 51.4 Å². The summed E-state index contributed by atoms with van der Waals surface area (Å²) in [5.74, 6) is -0.714. The van der Waals surface area contributed by atoms with Crippen molar-refractivity contribution >= 4 is 11.9 Å². The molecule has 1 saturated heterocycles. The summed E-state index contributed by atoms with van der Waals surface area (Å²) in [5.41, 5.74) is -0.846. The number of carboxylic acid groups (broad SMARTS) is 1. The summed E-state index contributed by atoms with van der Waals surface area (Å²) < 4.78 is 0. The summed E-state index contributed by atoms with van der Waals surface area (Å²) >= 11 is 0. The summed E-state index contributed by atoms with van der Waals surface area (Å²) in [6.07, 6.45) is 6.08. The monoisotopic (exact) mass is 283 g/mol. The van der Waals surface area contributed by atoms with Crippen LogP contribution in [-0.4, -0.2) is 46.7 Å². The van der Waals surface area contributed by atoms with Crippen LogP contribution in [0.5, 0.6) is 0 Å². The third-order valence-corrected chi connectivity index (χ3v) is 4.88. The van der Waals surface area contributed by atoms with E-state index in [1.54, 1.807) is 4.90 Å². The molecule has 2 rings (SSSR count). The molecule has 1 atom stereocenters. The second kappa shape index (κ2) is 6.57. The normalized spacial score (nSPS) is 26.2. The van der Waals surface area contributed by atoms with Gasteiger partial charge in [0.1, 0.15) is 0 Å². The summed E-state index contributed by atoms with van der Waals surface area (Å²) in [5, 5.41) is 18.7. The third-order valence-electron chi connectivity index (χ3n) is 4.88. The molecule has 2 aliphatic rings. The molecule has 1 unspecified atom stereocenters. The number of nitrogens with zero attached hydrogens (tertiary/aromatic N) is 1. The number of aliphatic hydroxyl groups excluding tert-OH is 1. The van der Waals surface area contributed by atoms with Crippen molar-refractivity contribution in [2.75, 3.05) is 19.7 Å². The minimum atomic E-state index is -0.846. The number of likely N-dealkylation sites (tertiary alicyclic amines) is 1. The molecule has 0 spiro atoms. The maximum Gasteiger partial charge on any atom is 0.310 e. The van der Waals surface area contributed by atoms with Crippen LogP contribution in [0.4, 0.5) is 0 Å². The highest BCUT2D eigenvalue weighted by Crippen LogP contribution is 2.40. The molecule has 2 N–H and O–H groups in total. The summed E-state index contributed by atoms with van der Waals surface area (Å²) in [7, 11) is 0. The minimum absolute atomic E-state index is 0.0487. The molecule has 5 nitrogen and oxygen atoms in total. The first-order valence-electron chi connectivity index (χ1n) is 7.69. The zero-order valence-corrected chi connectivity index (χ0v) is 12.0. The Morgan fingerprint density at radius 1 is 1.15 bits per heavy atom.